The van der Waals surface area contributed by atoms with Crippen molar-refractivity contribution in [2.45, 2.75) is 58.2 Å². The minimum absolute atomic E-state index is 0.140. The molecule has 0 aliphatic heterocycles. The monoisotopic (exact) mass is 448 g/mol. The molecule has 32 heavy (non-hydrogen) atoms. The lowest BCUT2D eigenvalue weighted by Crippen LogP contribution is -2.45. The number of nitrogens with zero attached hydrogens (tertiary/aromatic N) is 3. The van der Waals surface area contributed by atoms with E-state index in [2.05, 4.69) is 15.3 Å². The standard InChI is InChI=1S/C25H28N4O2S/c1-17-23(32-18(2)27-17)25(31)29(16-19-9-8-14-26-15-19)22(20-10-4-3-5-11-20)24(30)28-21-12-6-7-13-21/h3-5,8-11,14-15,21-22H,6-7,12-13,16H2,1-2H3,(H,28,30). The summed E-state index contributed by atoms with van der Waals surface area (Å²) in [6.07, 6.45) is 7.65. The molecule has 0 saturated heterocycles. The van der Waals surface area contributed by atoms with Gasteiger partial charge < -0.3 is 10.2 Å². The molecule has 1 saturated carbocycles. The summed E-state index contributed by atoms with van der Waals surface area (Å²) >= 11 is 1.37. The molecule has 6 nitrogen and oxygen atoms in total. The van der Waals surface area contributed by atoms with Crippen LogP contribution < -0.4 is 5.32 Å². The third kappa shape index (κ3) is 5.05. The van der Waals surface area contributed by atoms with Crippen LogP contribution in [0.4, 0.5) is 0 Å². The number of amides is 2. The maximum Gasteiger partial charge on any atom is 0.267 e. The Bertz CT molecular complexity index is 1060. The summed E-state index contributed by atoms with van der Waals surface area (Å²) in [7, 11) is 0. The lowest BCUT2D eigenvalue weighted by molar-refractivity contribution is -0.126. The van der Waals surface area contributed by atoms with E-state index in [4.69, 9.17) is 0 Å². The molecule has 4 rings (SSSR count). The van der Waals surface area contributed by atoms with Crippen LogP contribution in [0, 0.1) is 13.8 Å². The summed E-state index contributed by atoms with van der Waals surface area (Å²) in [4.78, 5) is 38.3. The van der Waals surface area contributed by atoms with Crippen LogP contribution in [0.2, 0.25) is 0 Å². The van der Waals surface area contributed by atoms with Gasteiger partial charge in [-0.3, -0.25) is 14.6 Å². The van der Waals surface area contributed by atoms with Gasteiger partial charge in [0.15, 0.2) is 0 Å². The number of thiazole rings is 1. The normalized spacial score (nSPS) is 14.8. The molecule has 0 spiro atoms. The topological polar surface area (TPSA) is 75.2 Å². The number of aryl methyl sites for hydroxylation is 2. The molecule has 2 heterocycles. The van der Waals surface area contributed by atoms with Crippen LogP contribution in [0.3, 0.4) is 0 Å². The predicted molar refractivity (Wildman–Crippen MR) is 125 cm³/mol. The van der Waals surface area contributed by atoms with Crippen LogP contribution in [0.5, 0.6) is 0 Å². The molecule has 7 heteroatoms. The van der Waals surface area contributed by atoms with Gasteiger partial charge in [-0.1, -0.05) is 49.2 Å². The Labute approximate surface area is 192 Å². The number of pyridine rings is 1. The second kappa shape index (κ2) is 10.0. The fraction of sp³-hybridized carbons (Fsp3) is 0.360. The zero-order chi connectivity index (χ0) is 22.5. The van der Waals surface area contributed by atoms with Crippen LogP contribution >= 0.6 is 11.3 Å². The highest BCUT2D eigenvalue weighted by Crippen LogP contribution is 2.29. The van der Waals surface area contributed by atoms with E-state index in [1.54, 1.807) is 17.3 Å². The molecular weight excluding hydrogens is 420 g/mol. The van der Waals surface area contributed by atoms with E-state index in [0.29, 0.717) is 10.6 Å². The zero-order valence-corrected chi connectivity index (χ0v) is 19.3. The van der Waals surface area contributed by atoms with Gasteiger partial charge in [0.2, 0.25) is 5.91 Å². The average Bonchev–Trinajstić information content (AvgIpc) is 3.43. The van der Waals surface area contributed by atoms with Gasteiger partial charge in [0.05, 0.1) is 10.7 Å². The first-order valence-corrected chi connectivity index (χ1v) is 11.8. The highest BCUT2D eigenvalue weighted by Gasteiger charge is 2.35. The number of benzene rings is 1. The summed E-state index contributed by atoms with van der Waals surface area (Å²) < 4.78 is 0. The molecule has 0 bridgehead atoms. The summed E-state index contributed by atoms with van der Waals surface area (Å²) in [5.74, 6) is -0.327. The number of hydrogen-bond acceptors (Lipinski definition) is 5. The summed E-state index contributed by atoms with van der Waals surface area (Å²) in [5.41, 5.74) is 2.35. The van der Waals surface area contributed by atoms with E-state index < -0.39 is 6.04 Å². The molecule has 1 fully saturated rings. The van der Waals surface area contributed by atoms with E-state index in [9.17, 15) is 9.59 Å². The Balaban J connectivity index is 1.75. The third-order valence-electron chi connectivity index (χ3n) is 5.81. The molecule has 3 aromatic rings. The first-order valence-electron chi connectivity index (χ1n) is 11.0. The Morgan fingerprint density at radius 3 is 2.50 bits per heavy atom. The molecule has 1 aliphatic carbocycles. The molecule has 166 valence electrons. The Morgan fingerprint density at radius 1 is 1.12 bits per heavy atom. The number of carbonyl (C=O) groups excluding carboxylic acids is 2. The van der Waals surface area contributed by atoms with Crippen molar-refractivity contribution in [1.29, 1.82) is 0 Å². The number of nitrogens with one attached hydrogen (secondary N) is 1. The number of hydrogen-bond donors (Lipinski definition) is 1. The van der Waals surface area contributed by atoms with Crippen molar-refractivity contribution in [2.75, 3.05) is 0 Å². The van der Waals surface area contributed by atoms with E-state index in [-0.39, 0.29) is 24.4 Å². The molecule has 1 aromatic carbocycles. The van der Waals surface area contributed by atoms with Gasteiger partial charge in [0.25, 0.3) is 5.91 Å². The van der Waals surface area contributed by atoms with Crippen LogP contribution in [0.25, 0.3) is 0 Å². The van der Waals surface area contributed by atoms with Crippen LogP contribution in [0.1, 0.15) is 63.2 Å². The van der Waals surface area contributed by atoms with Gasteiger partial charge in [0, 0.05) is 25.0 Å². The maximum absolute atomic E-state index is 13.8. The van der Waals surface area contributed by atoms with Crippen molar-refractivity contribution in [2.24, 2.45) is 0 Å². The summed E-state index contributed by atoms with van der Waals surface area (Å²) in [6.45, 7) is 4.01. The SMILES string of the molecule is Cc1nc(C)c(C(=O)N(Cc2cccnc2)C(C(=O)NC2CCCC2)c2ccccc2)s1. The highest BCUT2D eigenvalue weighted by atomic mass is 32.1. The lowest BCUT2D eigenvalue weighted by atomic mass is 10.0. The van der Waals surface area contributed by atoms with E-state index >= 15 is 0 Å². The summed E-state index contributed by atoms with van der Waals surface area (Å²) in [6, 6.07) is 12.7. The predicted octanol–water partition coefficient (Wildman–Crippen LogP) is 4.60. The largest absolute Gasteiger partial charge is 0.351 e. The van der Waals surface area contributed by atoms with Crippen molar-refractivity contribution in [3.05, 3.63) is 81.6 Å². The van der Waals surface area contributed by atoms with Gasteiger partial charge in [-0.05, 0) is 43.9 Å². The Hall–Kier alpha value is -3.06. The quantitative estimate of drug-likeness (QED) is 0.573. The molecule has 1 unspecified atom stereocenters. The van der Waals surface area contributed by atoms with Gasteiger partial charge in [0.1, 0.15) is 10.9 Å². The molecule has 1 atom stereocenters. The minimum Gasteiger partial charge on any atom is -0.351 e. The average molecular weight is 449 g/mol. The minimum atomic E-state index is -0.744. The van der Waals surface area contributed by atoms with Crippen molar-refractivity contribution >= 4 is 23.2 Å². The zero-order valence-electron chi connectivity index (χ0n) is 18.5. The maximum atomic E-state index is 13.8. The molecular formula is C25H28N4O2S. The van der Waals surface area contributed by atoms with E-state index in [0.717, 1.165) is 41.8 Å². The van der Waals surface area contributed by atoms with Crippen molar-refractivity contribution in [3.63, 3.8) is 0 Å². The van der Waals surface area contributed by atoms with Gasteiger partial charge in [-0.2, -0.15) is 0 Å². The smallest absolute Gasteiger partial charge is 0.267 e. The number of carbonyl (C=O) groups is 2. The van der Waals surface area contributed by atoms with Crippen LogP contribution in [-0.4, -0.2) is 32.7 Å². The third-order valence-corrected chi connectivity index (χ3v) is 6.87. The highest BCUT2D eigenvalue weighted by molar-refractivity contribution is 7.13. The number of aromatic nitrogens is 2. The Kier molecular flexibility index (Phi) is 6.95. The fourth-order valence-electron chi connectivity index (χ4n) is 4.29. The van der Waals surface area contributed by atoms with Crippen molar-refractivity contribution in [3.8, 4) is 0 Å². The van der Waals surface area contributed by atoms with Crippen molar-refractivity contribution < 1.29 is 9.59 Å². The molecule has 2 aromatic heterocycles. The first kappa shape index (κ1) is 22.1. The first-order chi connectivity index (χ1) is 15.5. The molecule has 0 radical (unpaired) electrons. The Morgan fingerprint density at radius 2 is 1.88 bits per heavy atom. The van der Waals surface area contributed by atoms with E-state index in [1.807, 2.05) is 56.3 Å². The second-order valence-electron chi connectivity index (χ2n) is 8.24. The fourth-order valence-corrected chi connectivity index (χ4v) is 5.16. The molecule has 1 N–H and O–H groups in total. The van der Waals surface area contributed by atoms with Crippen LogP contribution in [-0.2, 0) is 11.3 Å². The number of rotatable bonds is 7. The second-order valence-corrected chi connectivity index (χ2v) is 9.45. The van der Waals surface area contributed by atoms with Gasteiger partial charge >= 0.3 is 0 Å². The van der Waals surface area contributed by atoms with Crippen LogP contribution in [0.15, 0.2) is 54.9 Å². The molecule has 1 aliphatic rings. The molecule has 2 amide bonds. The van der Waals surface area contributed by atoms with E-state index in [1.165, 1.54) is 11.3 Å². The summed E-state index contributed by atoms with van der Waals surface area (Å²) in [5, 5.41) is 4.04. The van der Waals surface area contributed by atoms with Gasteiger partial charge in [-0.25, -0.2) is 4.98 Å². The lowest BCUT2D eigenvalue weighted by Gasteiger charge is -2.32. The van der Waals surface area contributed by atoms with Gasteiger partial charge in [-0.15, -0.1) is 11.3 Å². The van der Waals surface area contributed by atoms with Crippen molar-refractivity contribution in [1.82, 2.24) is 20.2 Å².